The van der Waals surface area contributed by atoms with E-state index in [0.717, 1.165) is 32.1 Å². The SMILES string of the molecule is COCOC1CC(CCc2ccccc2)CCCC(=O)C1OCOC. The maximum atomic E-state index is 12.4. The third kappa shape index (κ3) is 6.86. The molecule has 5 heteroatoms. The van der Waals surface area contributed by atoms with Crippen LogP contribution in [0, 0.1) is 5.92 Å². The van der Waals surface area contributed by atoms with Crippen molar-refractivity contribution in [3.63, 3.8) is 0 Å². The maximum Gasteiger partial charge on any atom is 0.164 e. The summed E-state index contributed by atoms with van der Waals surface area (Å²) in [6, 6.07) is 10.5. The van der Waals surface area contributed by atoms with Gasteiger partial charge in [0.1, 0.15) is 19.7 Å². The second kappa shape index (κ2) is 11.4. The molecule has 0 amide bonds. The molecule has 140 valence electrons. The van der Waals surface area contributed by atoms with Crippen molar-refractivity contribution in [1.82, 2.24) is 0 Å². The monoisotopic (exact) mass is 350 g/mol. The second-order valence-electron chi connectivity index (χ2n) is 6.59. The summed E-state index contributed by atoms with van der Waals surface area (Å²) in [4.78, 5) is 12.4. The van der Waals surface area contributed by atoms with Crippen LogP contribution in [0.3, 0.4) is 0 Å². The van der Waals surface area contributed by atoms with Gasteiger partial charge in [0.15, 0.2) is 5.78 Å². The number of hydrogen-bond acceptors (Lipinski definition) is 5. The number of methoxy groups -OCH3 is 2. The first-order valence-electron chi connectivity index (χ1n) is 9.02. The van der Waals surface area contributed by atoms with Crippen molar-refractivity contribution in [2.75, 3.05) is 27.8 Å². The molecule has 1 saturated carbocycles. The number of hydrogen-bond donors (Lipinski definition) is 0. The summed E-state index contributed by atoms with van der Waals surface area (Å²) >= 11 is 0. The molecule has 3 unspecified atom stereocenters. The number of carbonyl (C=O) groups is 1. The van der Waals surface area contributed by atoms with Gasteiger partial charge in [0, 0.05) is 20.6 Å². The Morgan fingerprint density at radius 1 is 1.04 bits per heavy atom. The van der Waals surface area contributed by atoms with E-state index >= 15 is 0 Å². The number of Topliss-reactive ketones (excluding diaryl/α,β-unsaturated/α-hetero) is 1. The van der Waals surface area contributed by atoms with Crippen LogP contribution in [0.1, 0.15) is 37.7 Å². The smallest absolute Gasteiger partial charge is 0.164 e. The normalized spacial score (nSPS) is 24.7. The van der Waals surface area contributed by atoms with Gasteiger partial charge in [-0.1, -0.05) is 30.3 Å². The highest BCUT2D eigenvalue weighted by atomic mass is 16.7. The lowest BCUT2D eigenvalue weighted by atomic mass is 9.84. The van der Waals surface area contributed by atoms with E-state index in [-0.39, 0.29) is 25.5 Å². The van der Waals surface area contributed by atoms with Crippen molar-refractivity contribution in [3.8, 4) is 0 Å². The lowest BCUT2D eigenvalue weighted by molar-refractivity contribution is -0.175. The zero-order valence-electron chi connectivity index (χ0n) is 15.3. The zero-order valence-corrected chi connectivity index (χ0v) is 15.3. The Morgan fingerprint density at radius 3 is 2.48 bits per heavy atom. The standard InChI is InChI=1S/C20H30O5/c1-22-14-24-19-13-17(12-11-16-7-4-3-5-8-16)9-6-10-18(21)20(19)25-15-23-2/h3-5,7-8,17,19-20H,6,9-15H2,1-2H3. The Hall–Kier alpha value is -1.27. The Kier molecular flexibility index (Phi) is 9.11. The Bertz CT molecular complexity index is 490. The minimum absolute atomic E-state index is 0.0952. The third-order valence-corrected chi connectivity index (χ3v) is 4.71. The lowest BCUT2D eigenvalue weighted by Crippen LogP contribution is -2.42. The third-order valence-electron chi connectivity index (χ3n) is 4.71. The van der Waals surface area contributed by atoms with Crippen LogP contribution < -0.4 is 0 Å². The molecule has 0 aliphatic heterocycles. The first-order valence-corrected chi connectivity index (χ1v) is 9.02. The summed E-state index contributed by atoms with van der Waals surface area (Å²) in [6.45, 7) is 0.258. The fraction of sp³-hybridized carbons (Fsp3) is 0.650. The molecule has 0 N–H and O–H groups in total. The summed E-state index contributed by atoms with van der Waals surface area (Å²) in [5, 5.41) is 0. The molecule has 0 aromatic heterocycles. The van der Waals surface area contributed by atoms with Crippen LogP contribution >= 0.6 is 0 Å². The van der Waals surface area contributed by atoms with Crippen LogP contribution in [-0.4, -0.2) is 45.8 Å². The molecule has 0 heterocycles. The quantitative estimate of drug-likeness (QED) is 0.639. The van der Waals surface area contributed by atoms with Gasteiger partial charge < -0.3 is 18.9 Å². The van der Waals surface area contributed by atoms with Gasteiger partial charge in [-0.25, -0.2) is 0 Å². The first kappa shape index (κ1) is 20.0. The minimum atomic E-state index is -0.574. The molecule has 2 rings (SSSR count). The average Bonchev–Trinajstić information content (AvgIpc) is 2.63. The largest absolute Gasteiger partial charge is 0.359 e. The molecule has 3 atom stereocenters. The Balaban J connectivity index is 1.99. The van der Waals surface area contributed by atoms with Crippen molar-refractivity contribution < 1.29 is 23.7 Å². The average molecular weight is 350 g/mol. The van der Waals surface area contributed by atoms with Gasteiger partial charge in [0.05, 0.1) is 6.10 Å². The molecule has 1 aliphatic carbocycles. The van der Waals surface area contributed by atoms with Crippen molar-refractivity contribution in [2.24, 2.45) is 5.92 Å². The summed E-state index contributed by atoms with van der Waals surface area (Å²) in [5.74, 6) is 0.600. The zero-order chi connectivity index (χ0) is 17.9. The van der Waals surface area contributed by atoms with Crippen LogP contribution in [-0.2, 0) is 30.2 Å². The van der Waals surface area contributed by atoms with Crippen LogP contribution in [0.5, 0.6) is 0 Å². The number of benzene rings is 1. The van der Waals surface area contributed by atoms with Crippen LogP contribution in [0.15, 0.2) is 30.3 Å². The van der Waals surface area contributed by atoms with Gasteiger partial charge >= 0.3 is 0 Å². The fourth-order valence-corrected chi connectivity index (χ4v) is 3.41. The van der Waals surface area contributed by atoms with E-state index in [0.29, 0.717) is 12.3 Å². The molecule has 1 aromatic rings. The molecule has 0 radical (unpaired) electrons. The predicted octanol–water partition coefficient (Wildman–Crippen LogP) is 3.36. The highest BCUT2D eigenvalue weighted by Crippen LogP contribution is 2.28. The number of rotatable bonds is 9. The molecule has 0 saturated heterocycles. The van der Waals surface area contributed by atoms with Crippen molar-refractivity contribution in [3.05, 3.63) is 35.9 Å². The number of carbonyl (C=O) groups excluding carboxylic acids is 1. The molecule has 1 aromatic carbocycles. The van der Waals surface area contributed by atoms with Gasteiger partial charge in [0.2, 0.25) is 0 Å². The maximum absolute atomic E-state index is 12.4. The molecule has 0 spiro atoms. The van der Waals surface area contributed by atoms with Gasteiger partial charge in [-0.3, -0.25) is 4.79 Å². The number of aryl methyl sites for hydroxylation is 1. The van der Waals surface area contributed by atoms with Crippen LogP contribution in [0.2, 0.25) is 0 Å². The second-order valence-corrected chi connectivity index (χ2v) is 6.59. The topological polar surface area (TPSA) is 54.0 Å². The van der Waals surface area contributed by atoms with Gasteiger partial charge in [-0.05, 0) is 43.6 Å². The van der Waals surface area contributed by atoms with E-state index < -0.39 is 6.10 Å². The first-order chi connectivity index (χ1) is 12.2. The van der Waals surface area contributed by atoms with Crippen LogP contribution in [0.25, 0.3) is 0 Å². The molecular weight excluding hydrogens is 320 g/mol. The van der Waals surface area contributed by atoms with E-state index in [1.54, 1.807) is 14.2 Å². The number of ketones is 1. The summed E-state index contributed by atoms with van der Waals surface area (Å²) < 4.78 is 21.5. The van der Waals surface area contributed by atoms with Crippen molar-refractivity contribution >= 4 is 5.78 Å². The molecule has 1 aliphatic rings. The Labute approximate surface area is 150 Å². The van der Waals surface area contributed by atoms with E-state index in [4.69, 9.17) is 18.9 Å². The van der Waals surface area contributed by atoms with E-state index in [2.05, 4.69) is 24.3 Å². The molecule has 0 bridgehead atoms. The summed E-state index contributed by atoms with van der Waals surface area (Å²) in [6.07, 6.45) is 4.55. The van der Waals surface area contributed by atoms with E-state index in [1.165, 1.54) is 5.56 Å². The van der Waals surface area contributed by atoms with Crippen molar-refractivity contribution in [2.45, 2.75) is 50.7 Å². The summed E-state index contributed by atoms with van der Waals surface area (Å²) in [5.41, 5.74) is 1.35. The molecule has 5 nitrogen and oxygen atoms in total. The Morgan fingerprint density at radius 2 is 1.76 bits per heavy atom. The van der Waals surface area contributed by atoms with Crippen LogP contribution in [0.4, 0.5) is 0 Å². The highest BCUT2D eigenvalue weighted by molar-refractivity contribution is 5.83. The lowest BCUT2D eigenvalue weighted by Gasteiger charge is -2.31. The molecular formula is C20H30O5. The molecule has 1 fully saturated rings. The van der Waals surface area contributed by atoms with E-state index in [1.807, 2.05) is 6.07 Å². The van der Waals surface area contributed by atoms with Crippen molar-refractivity contribution in [1.29, 1.82) is 0 Å². The highest BCUT2D eigenvalue weighted by Gasteiger charge is 2.33. The fourth-order valence-electron chi connectivity index (χ4n) is 3.41. The summed E-state index contributed by atoms with van der Waals surface area (Å²) in [7, 11) is 3.14. The molecule has 25 heavy (non-hydrogen) atoms. The van der Waals surface area contributed by atoms with Gasteiger partial charge in [0.25, 0.3) is 0 Å². The predicted molar refractivity (Wildman–Crippen MR) is 95.2 cm³/mol. The minimum Gasteiger partial charge on any atom is -0.359 e. The van der Waals surface area contributed by atoms with Gasteiger partial charge in [-0.15, -0.1) is 0 Å². The van der Waals surface area contributed by atoms with E-state index in [9.17, 15) is 4.79 Å². The van der Waals surface area contributed by atoms with Gasteiger partial charge in [-0.2, -0.15) is 0 Å². The number of ether oxygens (including phenoxy) is 4.